The molecule has 0 atom stereocenters. The van der Waals surface area contributed by atoms with Crippen molar-refractivity contribution in [2.45, 2.75) is 57.7 Å². The first-order chi connectivity index (χ1) is 20.7. The molecular formula is C32H41BrN6O3S. The van der Waals surface area contributed by atoms with Gasteiger partial charge in [0.05, 0.1) is 17.6 Å². The molecule has 0 spiro atoms. The lowest BCUT2D eigenvalue weighted by Gasteiger charge is -2.36. The molecule has 3 aromatic rings. The summed E-state index contributed by atoms with van der Waals surface area (Å²) in [5.74, 6) is 6.77. The number of benzene rings is 1. The molecule has 1 N–H and O–H groups in total. The van der Waals surface area contributed by atoms with E-state index < -0.39 is 6.09 Å². The first-order valence-electron chi connectivity index (χ1n) is 14.6. The van der Waals surface area contributed by atoms with Crippen LogP contribution >= 0.6 is 27.7 Å². The van der Waals surface area contributed by atoms with Crippen molar-refractivity contribution in [3.63, 3.8) is 0 Å². The van der Waals surface area contributed by atoms with Crippen LogP contribution in [0.3, 0.4) is 0 Å². The van der Waals surface area contributed by atoms with E-state index in [1.165, 1.54) is 0 Å². The van der Waals surface area contributed by atoms with Crippen LogP contribution in [0.2, 0.25) is 0 Å². The number of aryl methyl sites for hydroxylation is 1. The van der Waals surface area contributed by atoms with Gasteiger partial charge in [0, 0.05) is 62.3 Å². The first-order valence-corrected chi connectivity index (χ1v) is 16.3. The molecule has 3 heterocycles. The molecule has 2 aromatic heterocycles. The van der Waals surface area contributed by atoms with Crippen LogP contribution in [-0.4, -0.2) is 87.6 Å². The molecule has 1 fully saturated rings. The van der Waals surface area contributed by atoms with Crippen LogP contribution in [0.25, 0.3) is 5.69 Å². The molecule has 9 nitrogen and oxygen atoms in total. The van der Waals surface area contributed by atoms with Crippen LogP contribution in [0.15, 0.2) is 52.5 Å². The van der Waals surface area contributed by atoms with E-state index >= 15 is 0 Å². The SMILES string of the molecule is Cc1cc(OCc2c(Br)nc(SC(C)C)n2-c2cccnc2)ccc1C#CCOC(=O)NCCN1CCN(C(C)C)CC1. The molecule has 230 valence electrons. The van der Waals surface area contributed by atoms with Gasteiger partial charge < -0.3 is 14.8 Å². The van der Waals surface area contributed by atoms with E-state index in [-0.39, 0.29) is 6.61 Å². The zero-order chi connectivity index (χ0) is 30.8. The number of piperazine rings is 1. The number of hydrogen-bond donors (Lipinski definition) is 1. The number of rotatable bonds is 11. The first kappa shape index (κ1) is 32.9. The largest absolute Gasteiger partial charge is 0.487 e. The summed E-state index contributed by atoms with van der Waals surface area (Å²) < 4.78 is 14.3. The fourth-order valence-electron chi connectivity index (χ4n) is 4.69. The Kier molecular flexibility index (Phi) is 12.3. The minimum absolute atomic E-state index is 0.0274. The monoisotopic (exact) mass is 668 g/mol. The highest BCUT2D eigenvalue weighted by atomic mass is 79.9. The van der Waals surface area contributed by atoms with Crippen LogP contribution in [0.1, 0.15) is 44.5 Å². The van der Waals surface area contributed by atoms with Crippen molar-refractivity contribution >= 4 is 33.8 Å². The van der Waals surface area contributed by atoms with Gasteiger partial charge >= 0.3 is 6.09 Å². The number of carbonyl (C=O) groups excluding carboxylic acids is 1. The zero-order valence-electron chi connectivity index (χ0n) is 25.6. The number of imidazole rings is 1. The van der Waals surface area contributed by atoms with Gasteiger partial charge in [-0.25, -0.2) is 9.78 Å². The molecule has 0 aliphatic carbocycles. The summed E-state index contributed by atoms with van der Waals surface area (Å²) in [6.45, 7) is 16.6. The Balaban J connectivity index is 1.26. The smallest absolute Gasteiger partial charge is 0.408 e. The van der Waals surface area contributed by atoms with E-state index in [4.69, 9.17) is 14.5 Å². The predicted molar refractivity (Wildman–Crippen MR) is 175 cm³/mol. The van der Waals surface area contributed by atoms with Gasteiger partial charge in [0.25, 0.3) is 0 Å². The number of halogens is 1. The van der Waals surface area contributed by atoms with Crippen molar-refractivity contribution in [1.29, 1.82) is 0 Å². The Morgan fingerprint density at radius 3 is 2.63 bits per heavy atom. The highest BCUT2D eigenvalue weighted by Gasteiger charge is 2.20. The fraction of sp³-hybridized carbons (Fsp3) is 0.469. The van der Waals surface area contributed by atoms with E-state index in [9.17, 15) is 4.79 Å². The lowest BCUT2D eigenvalue weighted by molar-refractivity contribution is 0.108. The summed E-state index contributed by atoms with van der Waals surface area (Å²) in [6.07, 6.45) is 3.14. The van der Waals surface area contributed by atoms with Gasteiger partial charge in [0.15, 0.2) is 11.8 Å². The fourth-order valence-corrected chi connectivity index (χ4v) is 6.16. The third-order valence-electron chi connectivity index (χ3n) is 7.04. The van der Waals surface area contributed by atoms with Crippen LogP contribution in [0.5, 0.6) is 5.75 Å². The quantitative estimate of drug-likeness (QED) is 0.211. The second-order valence-electron chi connectivity index (χ2n) is 10.9. The van der Waals surface area contributed by atoms with Gasteiger partial charge in [-0.1, -0.05) is 37.5 Å². The molecule has 0 bridgehead atoms. The van der Waals surface area contributed by atoms with Crippen LogP contribution < -0.4 is 10.1 Å². The third-order valence-corrected chi connectivity index (χ3v) is 8.64. The molecule has 1 aliphatic rings. The molecule has 1 amide bonds. The molecule has 11 heteroatoms. The minimum Gasteiger partial charge on any atom is -0.487 e. The summed E-state index contributed by atoms with van der Waals surface area (Å²) in [5.41, 5.74) is 3.67. The lowest BCUT2D eigenvalue weighted by Crippen LogP contribution is -2.50. The van der Waals surface area contributed by atoms with E-state index in [1.807, 2.05) is 43.5 Å². The second-order valence-corrected chi connectivity index (χ2v) is 13.2. The van der Waals surface area contributed by atoms with E-state index in [0.29, 0.717) is 24.4 Å². The Bertz CT molecular complexity index is 1410. The Hall–Kier alpha value is -3.04. The van der Waals surface area contributed by atoms with Gasteiger partial charge in [0.1, 0.15) is 17.0 Å². The van der Waals surface area contributed by atoms with Crippen LogP contribution in [0.4, 0.5) is 4.79 Å². The van der Waals surface area contributed by atoms with Crippen molar-refractivity contribution in [3.8, 4) is 23.3 Å². The molecule has 0 radical (unpaired) electrons. The maximum absolute atomic E-state index is 12.1. The molecule has 0 unspecified atom stereocenters. The Morgan fingerprint density at radius 1 is 1.16 bits per heavy atom. The number of alkyl carbamates (subject to hydrolysis) is 1. The van der Waals surface area contributed by atoms with Gasteiger partial charge in [-0.15, -0.1) is 0 Å². The Labute approximate surface area is 267 Å². The minimum atomic E-state index is -0.442. The number of nitrogens with one attached hydrogen (secondary N) is 1. The third kappa shape index (κ3) is 9.73. The van der Waals surface area contributed by atoms with Crippen molar-refractivity contribution in [1.82, 2.24) is 29.7 Å². The van der Waals surface area contributed by atoms with Gasteiger partial charge in [0.2, 0.25) is 0 Å². The molecule has 1 aromatic carbocycles. The molecular weight excluding hydrogens is 628 g/mol. The van der Waals surface area contributed by atoms with Crippen molar-refractivity contribution in [3.05, 3.63) is 64.1 Å². The number of carbonyl (C=O) groups is 1. The lowest BCUT2D eigenvalue weighted by atomic mass is 10.1. The zero-order valence-corrected chi connectivity index (χ0v) is 28.0. The second kappa shape index (κ2) is 16.1. The highest BCUT2D eigenvalue weighted by Crippen LogP contribution is 2.31. The van der Waals surface area contributed by atoms with Gasteiger partial charge in [-0.05, 0) is 72.6 Å². The number of ether oxygens (including phenoxy) is 2. The number of nitrogens with zero attached hydrogens (tertiary/aromatic N) is 5. The van der Waals surface area contributed by atoms with E-state index in [1.54, 1.807) is 18.0 Å². The highest BCUT2D eigenvalue weighted by molar-refractivity contribution is 9.10. The molecule has 1 aliphatic heterocycles. The average molecular weight is 670 g/mol. The predicted octanol–water partition coefficient (Wildman–Crippen LogP) is 5.52. The number of amides is 1. The average Bonchev–Trinajstić information content (AvgIpc) is 3.29. The van der Waals surface area contributed by atoms with E-state index in [2.05, 4.69) is 80.1 Å². The van der Waals surface area contributed by atoms with Crippen LogP contribution in [-0.2, 0) is 11.3 Å². The van der Waals surface area contributed by atoms with Crippen LogP contribution in [0, 0.1) is 18.8 Å². The summed E-state index contributed by atoms with van der Waals surface area (Å²) in [7, 11) is 0. The number of hydrogen-bond acceptors (Lipinski definition) is 8. The standard InChI is InChI=1S/C32H41BrN6O3S/c1-23(2)38-17-15-37(16-18-38)14-13-35-32(40)41-19-7-8-26-10-11-28(20-25(26)5)42-22-29-30(33)36-31(43-24(3)4)39(29)27-9-6-12-34-21-27/h6,9-12,20-21,23-24H,13-19,22H2,1-5H3,(H,35,40). The van der Waals surface area contributed by atoms with Crippen molar-refractivity contribution in [2.75, 3.05) is 45.9 Å². The summed E-state index contributed by atoms with van der Waals surface area (Å²) in [4.78, 5) is 25.9. The number of pyridine rings is 1. The normalized spacial score (nSPS) is 14.0. The number of aromatic nitrogens is 3. The molecule has 4 rings (SSSR count). The van der Waals surface area contributed by atoms with Crippen molar-refractivity contribution < 1.29 is 14.3 Å². The number of thioether (sulfide) groups is 1. The summed E-state index contributed by atoms with van der Waals surface area (Å²) in [5, 5.41) is 4.07. The molecule has 0 saturated carbocycles. The molecule has 43 heavy (non-hydrogen) atoms. The maximum Gasteiger partial charge on any atom is 0.408 e. The van der Waals surface area contributed by atoms with E-state index in [0.717, 1.165) is 70.7 Å². The maximum atomic E-state index is 12.1. The van der Waals surface area contributed by atoms with Gasteiger partial charge in [-0.2, -0.15) is 0 Å². The summed E-state index contributed by atoms with van der Waals surface area (Å²) >= 11 is 5.32. The Morgan fingerprint density at radius 2 is 1.95 bits per heavy atom. The van der Waals surface area contributed by atoms with Gasteiger partial charge in [-0.3, -0.25) is 19.4 Å². The summed E-state index contributed by atoms with van der Waals surface area (Å²) in [6, 6.07) is 10.3. The van der Waals surface area contributed by atoms with Crippen molar-refractivity contribution in [2.24, 2.45) is 0 Å². The topological polar surface area (TPSA) is 84.8 Å². The molecule has 1 saturated heterocycles.